The molecule has 27 heavy (non-hydrogen) atoms. The Balaban J connectivity index is 1.58. The summed E-state index contributed by atoms with van der Waals surface area (Å²) in [5.41, 5.74) is 1.00. The SMILES string of the molecule is CC1CCC(NS(=O)(=O)CC(=O)N2CCC[C@H]2Cc2ccccc2Cl)CC1. The Labute approximate surface area is 167 Å². The summed E-state index contributed by atoms with van der Waals surface area (Å²) in [5.74, 6) is -0.110. The van der Waals surface area contributed by atoms with Crippen LogP contribution in [0.2, 0.25) is 5.02 Å². The average Bonchev–Trinajstić information content (AvgIpc) is 3.07. The van der Waals surface area contributed by atoms with Crippen molar-refractivity contribution in [3.05, 3.63) is 34.9 Å². The lowest BCUT2D eigenvalue weighted by Gasteiger charge is -2.28. The van der Waals surface area contributed by atoms with Crippen LogP contribution in [0.4, 0.5) is 0 Å². The molecular formula is C20H29ClN2O3S. The molecule has 1 saturated carbocycles. The van der Waals surface area contributed by atoms with Crippen molar-refractivity contribution < 1.29 is 13.2 Å². The Morgan fingerprint density at radius 2 is 1.89 bits per heavy atom. The quantitative estimate of drug-likeness (QED) is 0.778. The van der Waals surface area contributed by atoms with Crippen LogP contribution in [0.25, 0.3) is 0 Å². The first-order valence-electron chi connectivity index (χ1n) is 9.87. The molecule has 7 heteroatoms. The smallest absolute Gasteiger partial charge is 0.239 e. The van der Waals surface area contributed by atoms with Gasteiger partial charge in [-0.05, 0) is 62.5 Å². The third-order valence-corrected chi connectivity index (χ3v) is 7.47. The van der Waals surface area contributed by atoms with Gasteiger partial charge >= 0.3 is 0 Å². The molecule has 0 radical (unpaired) electrons. The second-order valence-corrected chi connectivity index (χ2v) is 10.2. The van der Waals surface area contributed by atoms with Gasteiger partial charge in [-0.3, -0.25) is 4.79 Å². The molecule has 2 aliphatic rings. The van der Waals surface area contributed by atoms with E-state index in [-0.39, 0.29) is 18.0 Å². The highest BCUT2D eigenvalue weighted by Crippen LogP contribution is 2.26. The van der Waals surface area contributed by atoms with Gasteiger partial charge in [0.25, 0.3) is 0 Å². The molecule has 1 N–H and O–H groups in total. The number of likely N-dealkylation sites (tertiary alicyclic amines) is 1. The normalized spacial score (nSPS) is 26.3. The molecule has 0 spiro atoms. The number of benzene rings is 1. The van der Waals surface area contributed by atoms with E-state index >= 15 is 0 Å². The van der Waals surface area contributed by atoms with Crippen molar-refractivity contribution in [3.8, 4) is 0 Å². The van der Waals surface area contributed by atoms with Crippen molar-refractivity contribution in [1.29, 1.82) is 0 Å². The molecule has 0 aromatic heterocycles. The minimum atomic E-state index is -3.61. The largest absolute Gasteiger partial charge is 0.338 e. The third kappa shape index (κ3) is 5.69. The van der Waals surface area contributed by atoms with Gasteiger partial charge in [0.2, 0.25) is 15.9 Å². The summed E-state index contributed by atoms with van der Waals surface area (Å²) in [5, 5.41) is 0.692. The van der Waals surface area contributed by atoms with Crippen molar-refractivity contribution >= 4 is 27.5 Å². The average molecular weight is 413 g/mol. The summed E-state index contributed by atoms with van der Waals surface area (Å²) in [6.45, 7) is 2.81. The molecule has 5 nitrogen and oxygen atoms in total. The maximum Gasteiger partial charge on any atom is 0.239 e. The predicted molar refractivity (Wildman–Crippen MR) is 108 cm³/mol. The summed E-state index contributed by atoms with van der Waals surface area (Å²) >= 11 is 6.25. The van der Waals surface area contributed by atoms with E-state index in [1.165, 1.54) is 0 Å². The number of hydrogen-bond donors (Lipinski definition) is 1. The van der Waals surface area contributed by atoms with Crippen LogP contribution in [0.15, 0.2) is 24.3 Å². The molecule has 2 fully saturated rings. The summed E-state index contributed by atoms with van der Waals surface area (Å²) in [7, 11) is -3.61. The first-order chi connectivity index (χ1) is 12.8. The van der Waals surface area contributed by atoms with Gasteiger partial charge in [-0.2, -0.15) is 0 Å². The molecule has 0 bridgehead atoms. The zero-order valence-corrected chi connectivity index (χ0v) is 17.4. The maximum atomic E-state index is 12.7. The molecule has 0 unspecified atom stereocenters. The van der Waals surface area contributed by atoms with Crippen LogP contribution in [-0.4, -0.2) is 43.6 Å². The number of hydrogen-bond acceptors (Lipinski definition) is 3. The van der Waals surface area contributed by atoms with E-state index in [1.807, 2.05) is 24.3 Å². The number of nitrogens with one attached hydrogen (secondary N) is 1. The second kappa shape index (κ2) is 8.93. The molecule has 1 amide bonds. The molecule has 1 aliphatic carbocycles. The van der Waals surface area contributed by atoms with E-state index in [9.17, 15) is 13.2 Å². The van der Waals surface area contributed by atoms with Gasteiger partial charge in [0.15, 0.2) is 0 Å². The molecule has 1 aromatic carbocycles. The van der Waals surface area contributed by atoms with Crippen molar-refractivity contribution in [1.82, 2.24) is 9.62 Å². The minimum Gasteiger partial charge on any atom is -0.338 e. The summed E-state index contributed by atoms with van der Waals surface area (Å²) in [6, 6.07) is 7.61. The van der Waals surface area contributed by atoms with Crippen LogP contribution in [0.5, 0.6) is 0 Å². The van der Waals surface area contributed by atoms with E-state index in [0.717, 1.165) is 44.1 Å². The molecule has 1 saturated heterocycles. The third-order valence-electron chi connectivity index (χ3n) is 5.79. The van der Waals surface area contributed by atoms with Gasteiger partial charge < -0.3 is 4.90 Å². The lowest BCUT2D eigenvalue weighted by atomic mass is 9.88. The lowest BCUT2D eigenvalue weighted by molar-refractivity contribution is -0.129. The fourth-order valence-electron chi connectivity index (χ4n) is 4.21. The zero-order chi connectivity index (χ0) is 19.4. The van der Waals surface area contributed by atoms with Crippen LogP contribution in [-0.2, 0) is 21.2 Å². The Kier molecular flexibility index (Phi) is 6.82. The number of nitrogens with zero attached hydrogens (tertiary/aromatic N) is 1. The Bertz CT molecular complexity index is 760. The molecule has 1 heterocycles. The summed E-state index contributed by atoms with van der Waals surface area (Å²) in [4.78, 5) is 14.4. The fourth-order valence-corrected chi connectivity index (χ4v) is 5.74. The molecular weight excluding hydrogens is 384 g/mol. The van der Waals surface area contributed by atoms with Gasteiger partial charge in [0.1, 0.15) is 5.75 Å². The number of halogens is 1. The van der Waals surface area contributed by atoms with Crippen molar-refractivity contribution in [2.45, 2.75) is 64.0 Å². The van der Waals surface area contributed by atoms with Gasteiger partial charge in [-0.1, -0.05) is 36.7 Å². The Morgan fingerprint density at radius 1 is 1.19 bits per heavy atom. The van der Waals surface area contributed by atoms with Gasteiger partial charge in [-0.15, -0.1) is 0 Å². The molecule has 3 rings (SSSR count). The molecule has 1 aliphatic heterocycles. The van der Waals surface area contributed by atoms with E-state index in [4.69, 9.17) is 11.6 Å². The highest BCUT2D eigenvalue weighted by molar-refractivity contribution is 7.90. The molecule has 1 aromatic rings. The Morgan fingerprint density at radius 3 is 2.59 bits per heavy atom. The fraction of sp³-hybridized carbons (Fsp3) is 0.650. The number of carbonyl (C=O) groups excluding carboxylic acids is 1. The predicted octanol–water partition coefficient (Wildman–Crippen LogP) is 3.37. The van der Waals surface area contributed by atoms with E-state index < -0.39 is 15.8 Å². The first-order valence-corrected chi connectivity index (χ1v) is 11.9. The lowest BCUT2D eigenvalue weighted by Crippen LogP contribution is -2.45. The molecule has 150 valence electrons. The van der Waals surface area contributed by atoms with Gasteiger partial charge in [0, 0.05) is 23.7 Å². The van der Waals surface area contributed by atoms with Crippen LogP contribution in [0.3, 0.4) is 0 Å². The van der Waals surface area contributed by atoms with Gasteiger partial charge in [-0.25, -0.2) is 13.1 Å². The number of carbonyl (C=O) groups is 1. The zero-order valence-electron chi connectivity index (χ0n) is 15.9. The number of rotatable bonds is 6. The van der Waals surface area contributed by atoms with Crippen LogP contribution >= 0.6 is 11.6 Å². The Hall–Kier alpha value is -1.11. The van der Waals surface area contributed by atoms with Crippen LogP contribution < -0.4 is 4.72 Å². The molecule has 1 atom stereocenters. The van der Waals surface area contributed by atoms with E-state index in [2.05, 4.69) is 11.6 Å². The number of amides is 1. The van der Waals surface area contributed by atoms with E-state index in [1.54, 1.807) is 4.90 Å². The minimum absolute atomic E-state index is 0.0168. The maximum absolute atomic E-state index is 12.7. The summed E-state index contributed by atoms with van der Waals surface area (Å²) < 4.78 is 27.7. The second-order valence-electron chi connectivity index (χ2n) is 8.01. The standard InChI is InChI=1S/C20H29ClN2O3S/c1-15-8-10-17(11-9-15)22-27(25,26)14-20(24)23-12-4-6-18(23)13-16-5-2-3-7-19(16)21/h2-3,5,7,15,17-18,22H,4,6,8-14H2,1H3/t15?,17?,18-/m0/s1. The monoisotopic (exact) mass is 412 g/mol. The first kappa shape index (κ1) is 20.6. The topological polar surface area (TPSA) is 66.5 Å². The highest BCUT2D eigenvalue weighted by atomic mass is 35.5. The van der Waals surface area contributed by atoms with Crippen LogP contribution in [0.1, 0.15) is 51.0 Å². The van der Waals surface area contributed by atoms with Crippen molar-refractivity contribution in [3.63, 3.8) is 0 Å². The number of sulfonamides is 1. The highest BCUT2D eigenvalue weighted by Gasteiger charge is 2.32. The van der Waals surface area contributed by atoms with Crippen molar-refractivity contribution in [2.75, 3.05) is 12.3 Å². The summed E-state index contributed by atoms with van der Waals surface area (Å²) in [6.07, 6.45) is 6.22. The van der Waals surface area contributed by atoms with Gasteiger partial charge in [0.05, 0.1) is 0 Å². The van der Waals surface area contributed by atoms with Crippen molar-refractivity contribution in [2.24, 2.45) is 5.92 Å². The van der Waals surface area contributed by atoms with E-state index in [0.29, 0.717) is 23.9 Å². The van der Waals surface area contributed by atoms with Crippen LogP contribution in [0, 0.1) is 5.92 Å².